The van der Waals surface area contributed by atoms with Crippen LogP contribution in [-0.2, 0) is 19.1 Å². The fourth-order valence-corrected chi connectivity index (χ4v) is 3.29. The van der Waals surface area contributed by atoms with Crippen molar-refractivity contribution in [3.8, 4) is 0 Å². The monoisotopic (exact) mass is 395 g/mol. The van der Waals surface area contributed by atoms with Crippen molar-refractivity contribution in [2.45, 2.75) is 38.3 Å². The smallest absolute Gasteiger partial charge is 0.330 e. The highest BCUT2D eigenvalue weighted by Gasteiger charge is 2.34. The molecule has 1 aliphatic rings. The van der Waals surface area contributed by atoms with Crippen LogP contribution in [0.5, 0.6) is 0 Å². The molecule has 148 valence electrons. The molecule has 1 heterocycles. The van der Waals surface area contributed by atoms with E-state index in [1.807, 2.05) is 11.8 Å². The molecule has 27 heavy (non-hydrogen) atoms. The number of carbonyl (C=O) groups is 2. The van der Waals surface area contributed by atoms with Crippen molar-refractivity contribution in [3.63, 3.8) is 0 Å². The number of methoxy groups -OCH3 is 1. The lowest BCUT2D eigenvalue weighted by Crippen LogP contribution is -2.43. The molecule has 0 aliphatic carbocycles. The van der Waals surface area contributed by atoms with Crippen LogP contribution in [0.25, 0.3) is 0 Å². The molecular formula is C20H26ClNO5. The Morgan fingerprint density at radius 2 is 2.15 bits per heavy atom. The summed E-state index contributed by atoms with van der Waals surface area (Å²) in [5.41, 5.74) is 1.15. The molecule has 2 unspecified atom stereocenters. The number of ether oxygens (including phenoxy) is 2. The van der Waals surface area contributed by atoms with Crippen LogP contribution < -0.4 is 0 Å². The molecule has 0 amide bonds. The molecule has 6 nitrogen and oxygen atoms in total. The van der Waals surface area contributed by atoms with Gasteiger partial charge in [0.1, 0.15) is 6.04 Å². The van der Waals surface area contributed by atoms with Gasteiger partial charge in [-0.3, -0.25) is 4.90 Å². The normalized spacial score (nSPS) is 20.3. The summed E-state index contributed by atoms with van der Waals surface area (Å²) >= 11 is 6.29. The van der Waals surface area contributed by atoms with E-state index in [-0.39, 0.29) is 6.54 Å². The van der Waals surface area contributed by atoms with Crippen molar-refractivity contribution in [1.82, 2.24) is 4.90 Å². The number of halogens is 1. The number of piperidine rings is 1. The van der Waals surface area contributed by atoms with Gasteiger partial charge < -0.3 is 14.6 Å². The van der Waals surface area contributed by atoms with Gasteiger partial charge >= 0.3 is 11.9 Å². The number of nitrogens with zero attached hydrogens (tertiary/aromatic N) is 1. The van der Waals surface area contributed by atoms with E-state index in [1.165, 1.54) is 13.2 Å². The van der Waals surface area contributed by atoms with Crippen LogP contribution in [0.15, 0.2) is 35.9 Å². The van der Waals surface area contributed by atoms with E-state index >= 15 is 0 Å². The highest BCUT2D eigenvalue weighted by Crippen LogP contribution is 2.32. The largest absolute Gasteiger partial charge is 0.468 e. The number of hydrogen-bond acceptors (Lipinski definition) is 6. The summed E-state index contributed by atoms with van der Waals surface area (Å²) in [5, 5.41) is 10.7. The van der Waals surface area contributed by atoms with E-state index in [0.29, 0.717) is 35.7 Å². The predicted molar refractivity (Wildman–Crippen MR) is 102 cm³/mol. The number of rotatable bonds is 7. The minimum Gasteiger partial charge on any atom is -0.468 e. The summed E-state index contributed by atoms with van der Waals surface area (Å²) in [5.74, 6) is -0.920. The number of aliphatic hydroxyl groups excluding tert-OH is 1. The fraction of sp³-hybridized carbons (Fsp3) is 0.500. The Balaban J connectivity index is 2.21. The maximum absolute atomic E-state index is 12.5. The van der Waals surface area contributed by atoms with E-state index in [1.54, 1.807) is 24.3 Å². The third-order valence-electron chi connectivity index (χ3n) is 4.54. The standard InChI is InChI=1S/C20H26ClNO5/c1-3-4-11-27-18(24)12-14-13-22(10-9-17(14)23)19(20(25)26-2)15-7-5-6-8-16(15)21/h5-8,12,17,19,23H,3-4,9-11,13H2,1-2H3/b14-12-. The zero-order valence-electron chi connectivity index (χ0n) is 15.7. The average molecular weight is 396 g/mol. The van der Waals surface area contributed by atoms with Gasteiger partial charge in [-0.1, -0.05) is 43.1 Å². The summed E-state index contributed by atoms with van der Waals surface area (Å²) in [6.45, 7) is 3.07. The fourth-order valence-electron chi connectivity index (χ4n) is 3.05. The van der Waals surface area contributed by atoms with Crippen molar-refractivity contribution in [2.24, 2.45) is 0 Å². The molecule has 1 N–H and O–H groups in total. The molecule has 0 spiro atoms. The van der Waals surface area contributed by atoms with Gasteiger partial charge in [0.05, 0.1) is 19.8 Å². The lowest BCUT2D eigenvalue weighted by atomic mass is 9.96. The second kappa shape index (κ2) is 10.4. The summed E-state index contributed by atoms with van der Waals surface area (Å²) in [6, 6.07) is 6.37. The third-order valence-corrected chi connectivity index (χ3v) is 4.88. The third kappa shape index (κ3) is 5.79. The highest BCUT2D eigenvalue weighted by atomic mass is 35.5. The predicted octanol–water partition coefficient (Wildman–Crippen LogP) is 2.89. The van der Waals surface area contributed by atoms with Crippen molar-refractivity contribution in [1.29, 1.82) is 0 Å². The molecule has 2 rings (SSSR count). The Kier molecular flexibility index (Phi) is 8.28. The molecule has 2 atom stereocenters. The molecule has 1 aromatic rings. The first-order chi connectivity index (χ1) is 13.0. The van der Waals surface area contributed by atoms with Gasteiger partial charge in [-0.15, -0.1) is 0 Å². The van der Waals surface area contributed by atoms with Crippen LogP contribution in [0.2, 0.25) is 5.02 Å². The average Bonchev–Trinajstić information content (AvgIpc) is 2.66. The van der Waals surface area contributed by atoms with Gasteiger partial charge in [0, 0.05) is 24.2 Å². The van der Waals surface area contributed by atoms with Crippen molar-refractivity contribution in [3.05, 3.63) is 46.5 Å². The Hall–Kier alpha value is -1.89. The molecule has 1 fully saturated rings. The summed E-state index contributed by atoms with van der Waals surface area (Å²) in [6.07, 6.45) is 2.70. The first-order valence-electron chi connectivity index (χ1n) is 9.09. The van der Waals surface area contributed by atoms with E-state index in [4.69, 9.17) is 21.1 Å². The second-order valence-electron chi connectivity index (χ2n) is 6.46. The van der Waals surface area contributed by atoms with Crippen molar-refractivity contribution < 1.29 is 24.2 Å². The van der Waals surface area contributed by atoms with Crippen LogP contribution >= 0.6 is 11.6 Å². The first-order valence-corrected chi connectivity index (χ1v) is 9.47. The zero-order chi connectivity index (χ0) is 19.8. The van der Waals surface area contributed by atoms with E-state index in [9.17, 15) is 14.7 Å². The number of unbranched alkanes of at least 4 members (excludes halogenated alkanes) is 1. The Morgan fingerprint density at radius 1 is 1.41 bits per heavy atom. The van der Waals surface area contributed by atoms with Crippen LogP contribution in [0.4, 0.5) is 0 Å². The maximum Gasteiger partial charge on any atom is 0.330 e. The van der Waals surface area contributed by atoms with Gasteiger partial charge in [-0.25, -0.2) is 9.59 Å². The molecule has 1 aliphatic heterocycles. The summed E-state index contributed by atoms with van der Waals surface area (Å²) < 4.78 is 10.1. The Bertz CT molecular complexity index is 691. The van der Waals surface area contributed by atoms with Gasteiger partial charge in [0.25, 0.3) is 0 Å². The first kappa shape index (κ1) is 21.4. The number of carbonyl (C=O) groups excluding carboxylic acids is 2. The lowest BCUT2D eigenvalue weighted by molar-refractivity contribution is -0.147. The number of likely N-dealkylation sites (tertiary alicyclic amines) is 1. The van der Waals surface area contributed by atoms with Crippen molar-refractivity contribution >= 4 is 23.5 Å². The van der Waals surface area contributed by atoms with Gasteiger partial charge in [-0.05, 0) is 30.0 Å². The quantitative estimate of drug-likeness (QED) is 0.434. The summed E-state index contributed by atoms with van der Waals surface area (Å²) in [4.78, 5) is 26.3. The molecule has 1 aromatic carbocycles. The minimum absolute atomic E-state index is 0.245. The zero-order valence-corrected chi connectivity index (χ0v) is 16.4. The molecule has 0 bridgehead atoms. The highest BCUT2D eigenvalue weighted by molar-refractivity contribution is 6.31. The van der Waals surface area contributed by atoms with Gasteiger partial charge in [0.15, 0.2) is 0 Å². The molecular weight excluding hydrogens is 370 g/mol. The summed E-state index contributed by atoms with van der Waals surface area (Å²) in [7, 11) is 1.33. The molecule has 0 aromatic heterocycles. The van der Waals surface area contributed by atoms with E-state index in [0.717, 1.165) is 12.8 Å². The maximum atomic E-state index is 12.5. The number of esters is 2. The SMILES string of the molecule is CCCCOC(=O)/C=C1/CN(C(C(=O)OC)c2ccccc2Cl)CCC1O. The molecule has 0 radical (unpaired) electrons. The molecule has 7 heteroatoms. The Morgan fingerprint density at radius 3 is 2.81 bits per heavy atom. The topological polar surface area (TPSA) is 76.1 Å². The minimum atomic E-state index is -0.746. The van der Waals surface area contributed by atoms with Gasteiger partial charge in [-0.2, -0.15) is 0 Å². The molecule has 1 saturated heterocycles. The second-order valence-corrected chi connectivity index (χ2v) is 6.87. The number of aliphatic hydroxyl groups is 1. The molecule has 0 saturated carbocycles. The van der Waals surface area contributed by atoms with Crippen LogP contribution in [0, 0.1) is 0 Å². The van der Waals surface area contributed by atoms with Gasteiger partial charge in [0.2, 0.25) is 0 Å². The van der Waals surface area contributed by atoms with E-state index < -0.39 is 24.1 Å². The lowest BCUT2D eigenvalue weighted by Gasteiger charge is -2.36. The van der Waals surface area contributed by atoms with E-state index in [2.05, 4.69) is 0 Å². The number of benzene rings is 1. The number of hydrogen-bond donors (Lipinski definition) is 1. The van der Waals surface area contributed by atoms with Crippen LogP contribution in [0.3, 0.4) is 0 Å². The van der Waals surface area contributed by atoms with Crippen LogP contribution in [-0.4, -0.2) is 54.9 Å². The van der Waals surface area contributed by atoms with Crippen molar-refractivity contribution in [2.75, 3.05) is 26.8 Å². The van der Waals surface area contributed by atoms with Crippen LogP contribution in [0.1, 0.15) is 37.8 Å². The Labute approximate surface area is 164 Å².